The summed E-state index contributed by atoms with van der Waals surface area (Å²) in [6.07, 6.45) is 0.412. The molecule has 0 aromatic heterocycles. The van der Waals surface area contributed by atoms with Gasteiger partial charge in [0, 0.05) is 24.6 Å². The van der Waals surface area contributed by atoms with Crippen LogP contribution in [0.15, 0.2) is 17.3 Å². The van der Waals surface area contributed by atoms with E-state index < -0.39 is 35.0 Å². The average Bonchev–Trinajstić information content (AvgIpc) is 2.36. The Labute approximate surface area is 113 Å². The Morgan fingerprint density at radius 1 is 1.40 bits per heavy atom. The predicted molar refractivity (Wildman–Crippen MR) is 65.9 cm³/mol. The minimum Gasteiger partial charge on any atom is -0.409 e. The van der Waals surface area contributed by atoms with E-state index in [1.165, 1.54) is 0 Å². The predicted octanol–water partition coefficient (Wildman–Crippen LogP) is 1.75. The van der Waals surface area contributed by atoms with Crippen molar-refractivity contribution in [2.45, 2.75) is 25.8 Å². The van der Waals surface area contributed by atoms with Gasteiger partial charge in [-0.15, -0.1) is 0 Å². The van der Waals surface area contributed by atoms with Gasteiger partial charge in [-0.2, -0.15) is 0 Å². The molecule has 0 aliphatic rings. The van der Waals surface area contributed by atoms with Gasteiger partial charge in [0.2, 0.25) is 0 Å². The Morgan fingerprint density at radius 2 is 1.95 bits per heavy atom. The Balaban J connectivity index is 2.90. The number of halogens is 3. The molecule has 0 aliphatic carbocycles. The molecule has 1 atom stereocenters. The normalized spacial score (nSPS) is 13.1. The molecule has 0 aliphatic heterocycles. The molecule has 4 N–H and O–H groups in total. The van der Waals surface area contributed by atoms with E-state index in [4.69, 9.17) is 10.9 Å². The van der Waals surface area contributed by atoms with Crippen LogP contribution >= 0.6 is 0 Å². The van der Waals surface area contributed by atoms with Crippen molar-refractivity contribution in [3.05, 3.63) is 35.1 Å². The van der Waals surface area contributed by atoms with E-state index in [1.807, 2.05) is 0 Å². The van der Waals surface area contributed by atoms with Gasteiger partial charge in [-0.3, -0.25) is 4.79 Å². The molecule has 0 bridgehead atoms. The summed E-state index contributed by atoms with van der Waals surface area (Å²) in [4.78, 5) is 11.8. The first-order valence-electron chi connectivity index (χ1n) is 5.80. The smallest absolute Gasteiger partial charge is 0.257 e. The zero-order chi connectivity index (χ0) is 15.3. The molecule has 5 nitrogen and oxygen atoms in total. The van der Waals surface area contributed by atoms with Gasteiger partial charge >= 0.3 is 0 Å². The summed E-state index contributed by atoms with van der Waals surface area (Å²) in [6, 6.07) is 0.271. The van der Waals surface area contributed by atoms with Crippen LogP contribution in [0.5, 0.6) is 0 Å². The number of oxime groups is 1. The summed E-state index contributed by atoms with van der Waals surface area (Å²) in [5.74, 6) is -4.85. The van der Waals surface area contributed by atoms with Gasteiger partial charge in [-0.05, 0) is 6.42 Å². The highest BCUT2D eigenvalue weighted by Crippen LogP contribution is 2.15. The van der Waals surface area contributed by atoms with Crippen LogP contribution in [-0.4, -0.2) is 23.0 Å². The number of nitrogens with two attached hydrogens (primary N) is 1. The van der Waals surface area contributed by atoms with E-state index in [0.29, 0.717) is 18.6 Å². The van der Waals surface area contributed by atoms with Crippen molar-refractivity contribution in [2.24, 2.45) is 10.9 Å². The number of benzene rings is 1. The fraction of sp³-hybridized carbons (Fsp3) is 0.333. The van der Waals surface area contributed by atoms with Crippen molar-refractivity contribution >= 4 is 11.7 Å². The average molecular weight is 289 g/mol. The van der Waals surface area contributed by atoms with Gasteiger partial charge in [-0.25, -0.2) is 13.2 Å². The van der Waals surface area contributed by atoms with Gasteiger partial charge in [0.1, 0.15) is 28.9 Å². The first-order valence-corrected chi connectivity index (χ1v) is 5.80. The SMILES string of the molecule is CCC(CC(N)=NO)NC(=O)c1c(F)cc(F)cc1F. The van der Waals surface area contributed by atoms with Crippen LogP contribution in [0.1, 0.15) is 30.1 Å². The van der Waals surface area contributed by atoms with Crippen LogP contribution in [-0.2, 0) is 0 Å². The van der Waals surface area contributed by atoms with E-state index in [9.17, 15) is 18.0 Å². The second-order valence-corrected chi connectivity index (χ2v) is 4.12. The number of hydrogen-bond acceptors (Lipinski definition) is 3. The zero-order valence-electron chi connectivity index (χ0n) is 10.7. The monoisotopic (exact) mass is 289 g/mol. The maximum absolute atomic E-state index is 13.4. The van der Waals surface area contributed by atoms with E-state index in [0.717, 1.165) is 0 Å². The molecule has 1 rings (SSSR count). The lowest BCUT2D eigenvalue weighted by molar-refractivity contribution is 0.0928. The molecule has 0 saturated carbocycles. The topological polar surface area (TPSA) is 87.7 Å². The summed E-state index contributed by atoms with van der Waals surface area (Å²) < 4.78 is 39.6. The fourth-order valence-corrected chi connectivity index (χ4v) is 1.61. The minimum absolute atomic E-state index is 0.0170. The molecule has 0 saturated heterocycles. The summed E-state index contributed by atoms with van der Waals surface area (Å²) in [7, 11) is 0. The second-order valence-electron chi connectivity index (χ2n) is 4.12. The number of carbonyl (C=O) groups excluding carboxylic acids is 1. The number of amides is 1. The van der Waals surface area contributed by atoms with Gasteiger partial charge < -0.3 is 16.3 Å². The number of rotatable bonds is 5. The van der Waals surface area contributed by atoms with Crippen LogP contribution < -0.4 is 11.1 Å². The standard InChI is InChI=1S/C12H14F3N3O2/c1-2-7(5-10(16)18-20)17-12(19)11-8(14)3-6(13)4-9(11)15/h3-4,7,20H,2,5H2,1H3,(H2,16,18)(H,17,19). The maximum atomic E-state index is 13.4. The number of amidine groups is 1. The highest BCUT2D eigenvalue weighted by Gasteiger charge is 2.21. The van der Waals surface area contributed by atoms with Crippen LogP contribution in [0.25, 0.3) is 0 Å². The molecule has 1 amide bonds. The van der Waals surface area contributed by atoms with Gasteiger partial charge in [0.15, 0.2) is 0 Å². The maximum Gasteiger partial charge on any atom is 0.257 e. The van der Waals surface area contributed by atoms with Crippen LogP contribution in [0.2, 0.25) is 0 Å². The highest BCUT2D eigenvalue weighted by molar-refractivity contribution is 5.95. The molecular weight excluding hydrogens is 275 g/mol. The lowest BCUT2D eigenvalue weighted by atomic mass is 10.1. The van der Waals surface area contributed by atoms with Gasteiger partial charge in [0.05, 0.1) is 0 Å². The first kappa shape index (κ1) is 15.8. The van der Waals surface area contributed by atoms with Crippen molar-refractivity contribution in [2.75, 3.05) is 0 Å². The third kappa shape index (κ3) is 3.87. The number of nitrogens with zero attached hydrogens (tertiary/aromatic N) is 1. The van der Waals surface area contributed by atoms with E-state index >= 15 is 0 Å². The Hall–Kier alpha value is -2.25. The lowest BCUT2D eigenvalue weighted by Gasteiger charge is -2.16. The third-order valence-electron chi connectivity index (χ3n) is 2.65. The molecule has 0 radical (unpaired) electrons. The van der Waals surface area contributed by atoms with Crippen molar-refractivity contribution in [1.82, 2.24) is 5.32 Å². The van der Waals surface area contributed by atoms with Crippen LogP contribution in [0.4, 0.5) is 13.2 Å². The number of hydrogen-bond donors (Lipinski definition) is 3. The lowest BCUT2D eigenvalue weighted by Crippen LogP contribution is -2.38. The molecule has 1 aromatic rings. The van der Waals surface area contributed by atoms with Crippen LogP contribution in [0.3, 0.4) is 0 Å². The quantitative estimate of drug-likeness (QED) is 0.334. The Kier molecular flexibility index (Phi) is 5.36. The Bertz CT molecular complexity index is 512. The highest BCUT2D eigenvalue weighted by atomic mass is 19.1. The summed E-state index contributed by atoms with van der Waals surface area (Å²) in [5.41, 5.74) is 4.42. The molecule has 0 heterocycles. The van der Waals surface area contributed by atoms with Gasteiger partial charge in [0.25, 0.3) is 5.91 Å². The molecule has 110 valence electrons. The zero-order valence-corrected chi connectivity index (χ0v) is 10.7. The summed E-state index contributed by atoms with van der Waals surface area (Å²) >= 11 is 0. The number of carbonyl (C=O) groups is 1. The first-order chi connectivity index (χ1) is 9.38. The molecule has 20 heavy (non-hydrogen) atoms. The van der Waals surface area contributed by atoms with Crippen molar-refractivity contribution in [3.63, 3.8) is 0 Å². The molecule has 1 aromatic carbocycles. The van der Waals surface area contributed by atoms with Crippen molar-refractivity contribution in [3.8, 4) is 0 Å². The van der Waals surface area contributed by atoms with E-state index in [2.05, 4.69) is 10.5 Å². The largest absolute Gasteiger partial charge is 0.409 e. The van der Waals surface area contributed by atoms with Crippen LogP contribution in [0, 0.1) is 17.5 Å². The minimum atomic E-state index is -1.29. The molecule has 8 heteroatoms. The number of nitrogens with one attached hydrogen (secondary N) is 1. The third-order valence-corrected chi connectivity index (χ3v) is 2.65. The summed E-state index contributed by atoms with van der Waals surface area (Å²) in [6.45, 7) is 1.70. The van der Waals surface area contributed by atoms with E-state index in [-0.39, 0.29) is 12.3 Å². The summed E-state index contributed by atoms with van der Waals surface area (Å²) in [5, 5.41) is 13.5. The molecule has 0 spiro atoms. The van der Waals surface area contributed by atoms with E-state index in [1.54, 1.807) is 6.92 Å². The van der Waals surface area contributed by atoms with Crippen molar-refractivity contribution in [1.29, 1.82) is 0 Å². The molecule has 1 unspecified atom stereocenters. The molecule has 0 fully saturated rings. The van der Waals surface area contributed by atoms with Crippen molar-refractivity contribution < 1.29 is 23.2 Å². The fourth-order valence-electron chi connectivity index (χ4n) is 1.61. The molecular formula is C12H14F3N3O2. The van der Waals surface area contributed by atoms with Gasteiger partial charge in [-0.1, -0.05) is 12.1 Å². The second kappa shape index (κ2) is 6.78. The Morgan fingerprint density at radius 3 is 2.40 bits per heavy atom.